The fourth-order valence-electron chi connectivity index (χ4n) is 1.40. The number of carboxylic acid groups (broad SMARTS) is 1. The van der Waals surface area contributed by atoms with Crippen LogP contribution in [-0.4, -0.2) is 25.4 Å². The van der Waals surface area contributed by atoms with Gasteiger partial charge in [0.1, 0.15) is 0 Å². The lowest BCUT2D eigenvalue weighted by molar-refractivity contribution is 0.0678. The zero-order valence-corrected chi connectivity index (χ0v) is 10.4. The third-order valence-electron chi connectivity index (χ3n) is 2.22. The SMILES string of the molecule is Cn1c(C(=O)O)nn(-c2cccc(Br)c2)c1=O. The molecule has 2 aromatic rings. The fraction of sp³-hybridized carbons (Fsp3) is 0.100. The number of aromatic nitrogens is 3. The molecular formula is C10H8BrN3O3. The van der Waals surface area contributed by atoms with E-state index in [0.29, 0.717) is 5.69 Å². The number of benzene rings is 1. The number of carboxylic acids is 1. The summed E-state index contributed by atoms with van der Waals surface area (Å²) in [5.74, 6) is -1.53. The molecule has 0 aliphatic heterocycles. The second-order valence-corrected chi connectivity index (χ2v) is 4.28. The first kappa shape index (κ1) is 11.6. The summed E-state index contributed by atoms with van der Waals surface area (Å²) in [6.45, 7) is 0. The van der Waals surface area contributed by atoms with Gasteiger partial charge in [0.25, 0.3) is 0 Å². The molecule has 0 unspecified atom stereocenters. The molecule has 0 amide bonds. The van der Waals surface area contributed by atoms with E-state index < -0.39 is 11.7 Å². The van der Waals surface area contributed by atoms with E-state index in [-0.39, 0.29) is 5.82 Å². The van der Waals surface area contributed by atoms with Crippen molar-refractivity contribution < 1.29 is 9.90 Å². The minimum Gasteiger partial charge on any atom is -0.475 e. The van der Waals surface area contributed by atoms with Gasteiger partial charge in [-0.15, -0.1) is 5.10 Å². The Bertz CT molecular complexity index is 644. The van der Waals surface area contributed by atoms with Gasteiger partial charge >= 0.3 is 11.7 Å². The van der Waals surface area contributed by atoms with Crippen LogP contribution in [0.1, 0.15) is 10.6 Å². The summed E-state index contributed by atoms with van der Waals surface area (Å²) in [5.41, 5.74) is 0.00738. The minimum absolute atomic E-state index is 0.296. The maximum absolute atomic E-state index is 11.8. The van der Waals surface area contributed by atoms with Crippen molar-refractivity contribution in [1.29, 1.82) is 0 Å². The molecule has 0 saturated carbocycles. The molecule has 1 N–H and O–H groups in total. The van der Waals surface area contributed by atoms with Crippen molar-refractivity contribution in [2.45, 2.75) is 0 Å². The maximum Gasteiger partial charge on any atom is 0.374 e. The van der Waals surface area contributed by atoms with Crippen LogP contribution >= 0.6 is 15.9 Å². The van der Waals surface area contributed by atoms with Crippen molar-refractivity contribution in [1.82, 2.24) is 14.3 Å². The Balaban J connectivity index is 2.65. The molecule has 1 aromatic heterocycles. The van der Waals surface area contributed by atoms with Crippen molar-refractivity contribution in [3.8, 4) is 5.69 Å². The lowest BCUT2D eigenvalue weighted by Crippen LogP contribution is -2.22. The second-order valence-electron chi connectivity index (χ2n) is 3.36. The van der Waals surface area contributed by atoms with Gasteiger partial charge in [-0.05, 0) is 18.2 Å². The molecule has 88 valence electrons. The van der Waals surface area contributed by atoms with E-state index in [2.05, 4.69) is 21.0 Å². The van der Waals surface area contributed by atoms with Gasteiger partial charge in [0, 0.05) is 11.5 Å². The first-order valence-electron chi connectivity index (χ1n) is 4.66. The third kappa shape index (κ3) is 2.01. The van der Waals surface area contributed by atoms with Crippen molar-refractivity contribution in [3.63, 3.8) is 0 Å². The van der Waals surface area contributed by atoms with Gasteiger partial charge in [-0.3, -0.25) is 4.57 Å². The summed E-state index contributed by atoms with van der Waals surface area (Å²) in [6.07, 6.45) is 0. The molecule has 1 heterocycles. The number of halogens is 1. The molecule has 0 spiro atoms. The zero-order valence-electron chi connectivity index (χ0n) is 8.79. The lowest BCUT2D eigenvalue weighted by atomic mass is 10.3. The second kappa shape index (κ2) is 4.17. The summed E-state index contributed by atoms with van der Waals surface area (Å²) in [6, 6.07) is 6.89. The topological polar surface area (TPSA) is 77.1 Å². The number of hydrogen-bond acceptors (Lipinski definition) is 3. The Morgan fingerprint density at radius 1 is 1.47 bits per heavy atom. The highest BCUT2D eigenvalue weighted by Crippen LogP contribution is 2.13. The smallest absolute Gasteiger partial charge is 0.374 e. The van der Waals surface area contributed by atoms with Crippen LogP contribution in [0.5, 0.6) is 0 Å². The molecule has 2 rings (SSSR count). The number of hydrogen-bond donors (Lipinski definition) is 1. The highest BCUT2D eigenvalue weighted by molar-refractivity contribution is 9.10. The van der Waals surface area contributed by atoms with Gasteiger partial charge in [0.15, 0.2) is 0 Å². The summed E-state index contributed by atoms with van der Waals surface area (Å²) in [4.78, 5) is 22.6. The molecule has 0 aliphatic rings. The van der Waals surface area contributed by atoms with Crippen LogP contribution in [-0.2, 0) is 7.05 Å². The standard InChI is InChI=1S/C10H8BrN3O3/c1-13-8(9(15)16)12-14(10(13)17)7-4-2-3-6(11)5-7/h2-5H,1H3,(H,15,16). The van der Waals surface area contributed by atoms with E-state index in [4.69, 9.17) is 5.11 Å². The number of rotatable bonds is 2. The molecule has 6 nitrogen and oxygen atoms in total. The lowest BCUT2D eigenvalue weighted by Gasteiger charge is -1.98. The minimum atomic E-state index is -1.24. The van der Waals surface area contributed by atoms with Crippen LogP contribution in [0, 0.1) is 0 Å². The van der Waals surface area contributed by atoms with E-state index in [0.717, 1.165) is 13.7 Å². The maximum atomic E-state index is 11.8. The van der Waals surface area contributed by atoms with Crippen LogP contribution in [0.3, 0.4) is 0 Å². The van der Waals surface area contributed by atoms with E-state index in [1.807, 2.05) is 0 Å². The molecule has 0 aliphatic carbocycles. The Hall–Kier alpha value is -1.89. The van der Waals surface area contributed by atoms with Crippen molar-refractivity contribution >= 4 is 21.9 Å². The van der Waals surface area contributed by atoms with Crippen LogP contribution in [0.15, 0.2) is 33.5 Å². The molecule has 0 radical (unpaired) electrons. The van der Waals surface area contributed by atoms with Gasteiger partial charge in [-0.25, -0.2) is 9.59 Å². The molecular weight excluding hydrogens is 290 g/mol. The van der Waals surface area contributed by atoms with Crippen molar-refractivity contribution in [2.24, 2.45) is 7.05 Å². The van der Waals surface area contributed by atoms with Gasteiger partial charge < -0.3 is 5.11 Å². The normalized spacial score (nSPS) is 10.5. The first-order valence-corrected chi connectivity index (χ1v) is 5.45. The zero-order chi connectivity index (χ0) is 12.6. The van der Waals surface area contributed by atoms with Gasteiger partial charge in [-0.2, -0.15) is 4.68 Å². The molecule has 7 heteroatoms. The largest absolute Gasteiger partial charge is 0.475 e. The van der Waals surface area contributed by atoms with E-state index in [9.17, 15) is 9.59 Å². The number of carbonyl (C=O) groups is 1. The third-order valence-corrected chi connectivity index (χ3v) is 2.72. The number of aromatic carboxylic acids is 1. The number of nitrogens with zero attached hydrogens (tertiary/aromatic N) is 3. The first-order chi connectivity index (χ1) is 8.00. The van der Waals surface area contributed by atoms with E-state index >= 15 is 0 Å². The van der Waals surface area contributed by atoms with Crippen molar-refractivity contribution in [3.05, 3.63) is 45.0 Å². The van der Waals surface area contributed by atoms with E-state index in [1.54, 1.807) is 24.3 Å². The molecule has 0 bridgehead atoms. The fourth-order valence-corrected chi connectivity index (χ4v) is 1.79. The summed E-state index contributed by atoms with van der Waals surface area (Å²) in [5, 5.41) is 12.6. The van der Waals surface area contributed by atoms with Crippen LogP contribution in [0.2, 0.25) is 0 Å². The van der Waals surface area contributed by atoms with Gasteiger partial charge in [0.05, 0.1) is 5.69 Å². The van der Waals surface area contributed by atoms with Crippen molar-refractivity contribution in [2.75, 3.05) is 0 Å². The summed E-state index contributed by atoms with van der Waals surface area (Å²) >= 11 is 3.27. The Morgan fingerprint density at radius 2 is 2.18 bits per heavy atom. The van der Waals surface area contributed by atoms with E-state index in [1.165, 1.54) is 7.05 Å². The average molecular weight is 298 g/mol. The molecule has 0 fully saturated rings. The highest BCUT2D eigenvalue weighted by Gasteiger charge is 2.17. The summed E-state index contributed by atoms with van der Waals surface area (Å²) < 4.78 is 2.82. The van der Waals surface area contributed by atoms with Gasteiger partial charge in [0.2, 0.25) is 5.82 Å². The molecule has 17 heavy (non-hydrogen) atoms. The Morgan fingerprint density at radius 3 is 2.71 bits per heavy atom. The predicted octanol–water partition coefficient (Wildman–Crippen LogP) is 1.03. The Kier molecular flexibility index (Phi) is 2.84. The van der Waals surface area contributed by atoms with Crippen LogP contribution in [0.4, 0.5) is 0 Å². The van der Waals surface area contributed by atoms with Crippen LogP contribution < -0.4 is 5.69 Å². The molecule has 0 atom stereocenters. The van der Waals surface area contributed by atoms with Crippen LogP contribution in [0.25, 0.3) is 5.69 Å². The molecule has 0 saturated heterocycles. The van der Waals surface area contributed by atoms with Gasteiger partial charge in [-0.1, -0.05) is 22.0 Å². The Labute approximate surface area is 104 Å². The quantitative estimate of drug-likeness (QED) is 0.898. The molecule has 1 aromatic carbocycles. The monoisotopic (exact) mass is 297 g/mol. The summed E-state index contributed by atoms with van der Waals surface area (Å²) in [7, 11) is 1.37. The predicted molar refractivity (Wildman–Crippen MR) is 63.5 cm³/mol. The highest BCUT2D eigenvalue weighted by atomic mass is 79.9. The average Bonchev–Trinajstić information content (AvgIpc) is 2.56.